The van der Waals surface area contributed by atoms with E-state index in [2.05, 4.69) is 12.2 Å². The van der Waals surface area contributed by atoms with Crippen molar-refractivity contribution in [3.05, 3.63) is 0 Å². The first-order valence-corrected chi connectivity index (χ1v) is 5.18. The maximum Gasteiger partial charge on any atom is 0.222 e. The number of amides is 1. The molecule has 0 aliphatic carbocycles. The van der Waals surface area contributed by atoms with Gasteiger partial charge in [-0.25, -0.2) is 0 Å². The third kappa shape index (κ3) is 5.64. The number of unbranched alkanes of at least 4 members (excludes halogenated alkanes) is 1. The van der Waals surface area contributed by atoms with Gasteiger partial charge in [-0.3, -0.25) is 4.79 Å². The molecule has 0 saturated carbocycles. The molecule has 3 nitrogen and oxygen atoms in total. The van der Waals surface area contributed by atoms with Gasteiger partial charge in [0.25, 0.3) is 0 Å². The van der Waals surface area contributed by atoms with Gasteiger partial charge in [-0.05, 0) is 20.4 Å². The molecule has 0 atom stereocenters. The fourth-order valence-electron chi connectivity index (χ4n) is 1.19. The Bertz CT molecular complexity index is 137. The Kier molecular flexibility index (Phi) is 7.69. The number of carbonyl (C=O) groups excluding carboxylic acids is 1. The van der Waals surface area contributed by atoms with Gasteiger partial charge in [0.1, 0.15) is 0 Å². The molecule has 0 spiro atoms. The lowest BCUT2D eigenvalue weighted by Crippen LogP contribution is -2.35. The van der Waals surface area contributed by atoms with Crippen LogP contribution in [0.2, 0.25) is 0 Å². The van der Waals surface area contributed by atoms with Gasteiger partial charge in [-0.15, -0.1) is 0 Å². The summed E-state index contributed by atoms with van der Waals surface area (Å²) in [5.41, 5.74) is 0. The molecule has 0 rings (SSSR count). The largest absolute Gasteiger partial charge is 0.342 e. The Balaban J connectivity index is 3.71. The van der Waals surface area contributed by atoms with Gasteiger partial charge in [0.2, 0.25) is 5.91 Å². The molecule has 0 aromatic rings. The Hall–Kier alpha value is -0.570. The van der Waals surface area contributed by atoms with Gasteiger partial charge in [-0.2, -0.15) is 0 Å². The van der Waals surface area contributed by atoms with Gasteiger partial charge in [0.15, 0.2) is 0 Å². The van der Waals surface area contributed by atoms with Crippen molar-refractivity contribution in [2.24, 2.45) is 0 Å². The van der Waals surface area contributed by atoms with Crippen LogP contribution < -0.4 is 5.32 Å². The van der Waals surface area contributed by atoms with Crippen LogP contribution in [0, 0.1) is 0 Å². The maximum absolute atomic E-state index is 11.5. The van der Waals surface area contributed by atoms with E-state index in [1.807, 2.05) is 18.9 Å². The molecular formula is C10H22N2O. The summed E-state index contributed by atoms with van der Waals surface area (Å²) in [5, 5.41) is 3.05. The fourth-order valence-corrected chi connectivity index (χ4v) is 1.19. The highest BCUT2D eigenvalue weighted by molar-refractivity contribution is 5.76. The van der Waals surface area contributed by atoms with Crippen molar-refractivity contribution >= 4 is 5.91 Å². The monoisotopic (exact) mass is 186 g/mol. The maximum atomic E-state index is 11.5. The van der Waals surface area contributed by atoms with Crippen molar-refractivity contribution in [2.75, 3.05) is 26.7 Å². The quantitative estimate of drug-likeness (QED) is 0.649. The zero-order valence-electron chi connectivity index (χ0n) is 9.10. The van der Waals surface area contributed by atoms with E-state index in [4.69, 9.17) is 0 Å². The number of hydrogen-bond donors (Lipinski definition) is 1. The topological polar surface area (TPSA) is 32.3 Å². The highest BCUT2D eigenvalue weighted by Gasteiger charge is 2.09. The molecule has 0 aliphatic heterocycles. The molecule has 0 saturated heterocycles. The molecule has 1 amide bonds. The average molecular weight is 186 g/mol. The van der Waals surface area contributed by atoms with E-state index in [-0.39, 0.29) is 0 Å². The van der Waals surface area contributed by atoms with E-state index in [1.54, 1.807) is 0 Å². The summed E-state index contributed by atoms with van der Waals surface area (Å²) in [6.07, 6.45) is 2.80. The van der Waals surface area contributed by atoms with Gasteiger partial charge in [0.05, 0.1) is 0 Å². The molecule has 0 aromatic heterocycles. The summed E-state index contributed by atoms with van der Waals surface area (Å²) in [5.74, 6) is 0.291. The predicted octanol–water partition coefficient (Wildman–Crippen LogP) is 1.24. The van der Waals surface area contributed by atoms with Crippen molar-refractivity contribution in [2.45, 2.75) is 33.1 Å². The van der Waals surface area contributed by atoms with Crippen LogP contribution in [0.3, 0.4) is 0 Å². The van der Waals surface area contributed by atoms with Crippen LogP contribution >= 0.6 is 0 Å². The molecule has 0 heterocycles. The summed E-state index contributed by atoms with van der Waals surface area (Å²) in [6.45, 7) is 6.67. The molecule has 3 heteroatoms. The highest BCUT2D eigenvalue weighted by atomic mass is 16.2. The molecule has 0 unspecified atom stereocenters. The predicted molar refractivity (Wildman–Crippen MR) is 55.7 cm³/mol. The molecule has 1 N–H and O–H groups in total. The molecule has 0 radical (unpaired) electrons. The SMILES string of the molecule is CCCCC(=O)N(CC)CCNC. The minimum absolute atomic E-state index is 0.291. The summed E-state index contributed by atoms with van der Waals surface area (Å²) in [4.78, 5) is 13.4. The van der Waals surface area contributed by atoms with Crippen molar-refractivity contribution in [3.8, 4) is 0 Å². The van der Waals surface area contributed by atoms with Crippen LogP contribution in [0.4, 0.5) is 0 Å². The molecule has 78 valence electrons. The number of rotatable bonds is 7. The Morgan fingerprint density at radius 3 is 2.54 bits per heavy atom. The first-order valence-electron chi connectivity index (χ1n) is 5.18. The van der Waals surface area contributed by atoms with Crippen LogP contribution in [-0.4, -0.2) is 37.5 Å². The van der Waals surface area contributed by atoms with Crippen molar-refractivity contribution in [1.29, 1.82) is 0 Å². The van der Waals surface area contributed by atoms with E-state index in [0.29, 0.717) is 12.3 Å². The molecule has 0 fully saturated rings. The van der Waals surface area contributed by atoms with Crippen molar-refractivity contribution in [3.63, 3.8) is 0 Å². The molecule has 0 aliphatic rings. The normalized spacial score (nSPS) is 10.1. The minimum atomic E-state index is 0.291. The van der Waals surface area contributed by atoms with Crippen molar-refractivity contribution in [1.82, 2.24) is 10.2 Å². The van der Waals surface area contributed by atoms with Crippen LogP contribution in [0.25, 0.3) is 0 Å². The summed E-state index contributed by atoms with van der Waals surface area (Å²) >= 11 is 0. The first kappa shape index (κ1) is 12.4. The number of nitrogens with one attached hydrogen (secondary N) is 1. The van der Waals surface area contributed by atoms with Crippen molar-refractivity contribution < 1.29 is 4.79 Å². The Morgan fingerprint density at radius 2 is 2.08 bits per heavy atom. The summed E-state index contributed by atoms with van der Waals surface area (Å²) in [7, 11) is 1.91. The lowest BCUT2D eigenvalue weighted by Gasteiger charge is -2.20. The lowest BCUT2D eigenvalue weighted by atomic mass is 10.2. The smallest absolute Gasteiger partial charge is 0.222 e. The number of nitrogens with zero attached hydrogens (tertiary/aromatic N) is 1. The Labute approximate surface area is 81.5 Å². The standard InChI is InChI=1S/C10H22N2O/c1-4-6-7-10(13)12(5-2)9-8-11-3/h11H,4-9H2,1-3H3. The van der Waals surface area contributed by atoms with Crippen LogP contribution in [0.5, 0.6) is 0 Å². The minimum Gasteiger partial charge on any atom is -0.342 e. The fraction of sp³-hybridized carbons (Fsp3) is 0.900. The van der Waals surface area contributed by atoms with Gasteiger partial charge >= 0.3 is 0 Å². The third-order valence-electron chi connectivity index (χ3n) is 2.11. The van der Waals surface area contributed by atoms with Gasteiger partial charge in [0, 0.05) is 26.1 Å². The number of carbonyl (C=O) groups is 1. The van der Waals surface area contributed by atoms with Gasteiger partial charge < -0.3 is 10.2 Å². The van der Waals surface area contributed by atoms with E-state index in [1.165, 1.54) is 0 Å². The summed E-state index contributed by atoms with van der Waals surface area (Å²) < 4.78 is 0. The summed E-state index contributed by atoms with van der Waals surface area (Å²) in [6, 6.07) is 0. The van der Waals surface area contributed by atoms with Crippen LogP contribution in [0.1, 0.15) is 33.1 Å². The van der Waals surface area contributed by atoms with E-state index < -0.39 is 0 Å². The van der Waals surface area contributed by atoms with Gasteiger partial charge in [-0.1, -0.05) is 13.3 Å². The first-order chi connectivity index (χ1) is 6.26. The zero-order valence-corrected chi connectivity index (χ0v) is 9.10. The molecule has 13 heavy (non-hydrogen) atoms. The average Bonchev–Trinajstić information content (AvgIpc) is 2.16. The Morgan fingerprint density at radius 1 is 1.38 bits per heavy atom. The zero-order chi connectivity index (χ0) is 10.1. The molecule has 0 aromatic carbocycles. The second-order valence-electron chi connectivity index (χ2n) is 3.18. The van der Waals surface area contributed by atoms with Crippen LogP contribution in [-0.2, 0) is 4.79 Å². The molecule has 0 bridgehead atoms. The molecular weight excluding hydrogens is 164 g/mol. The van der Waals surface area contributed by atoms with E-state index in [9.17, 15) is 4.79 Å². The van der Waals surface area contributed by atoms with E-state index in [0.717, 1.165) is 32.5 Å². The highest BCUT2D eigenvalue weighted by Crippen LogP contribution is 1.99. The number of hydrogen-bond acceptors (Lipinski definition) is 2. The van der Waals surface area contributed by atoms with E-state index >= 15 is 0 Å². The second kappa shape index (κ2) is 8.05. The third-order valence-corrected chi connectivity index (χ3v) is 2.11. The lowest BCUT2D eigenvalue weighted by molar-refractivity contribution is -0.131. The second-order valence-corrected chi connectivity index (χ2v) is 3.18. The number of likely N-dealkylation sites (N-methyl/N-ethyl adjacent to an activating group) is 2. The van der Waals surface area contributed by atoms with Crippen LogP contribution in [0.15, 0.2) is 0 Å².